The molecule has 0 saturated heterocycles. The third-order valence-electron chi connectivity index (χ3n) is 5.14. The minimum atomic E-state index is -0.769. The molecule has 2 atom stereocenters. The van der Waals surface area contributed by atoms with Crippen LogP contribution in [0.4, 0.5) is 21.7 Å². The van der Waals surface area contributed by atoms with E-state index in [2.05, 4.69) is 27.6 Å². The molecule has 6 N–H and O–H groups in total. The largest absolute Gasteiger partial charge is 0.365 e. The lowest BCUT2D eigenvalue weighted by atomic mass is 10.1. The Balaban J connectivity index is 1.95. The maximum Gasteiger partial charge on any atom is 0.252 e. The van der Waals surface area contributed by atoms with E-state index in [1.54, 1.807) is 6.20 Å². The molecule has 1 amide bonds. The zero-order valence-electron chi connectivity index (χ0n) is 18.2. The summed E-state index contributed by atoms with van der Waals surface area (Å²) < 4.78 is 16.6. The van der Waals surface area contributed by atoms with Crippen molar-refractivity contribution in [2.75, 3.05) is 10.6 Å². The number of nitrogens with two attached hydrogens (primary N) is 2. The molecule has 0 fully saturated rings. The van der Waals surface area contributed by atoms with Gasteiger partial charge in [0.1, 0.15) is 5.82 Å². The molecule has 0 aliphatic rings. The number of carbonyl (C=O) groups is 1. The number of aromatic nitrogens is 3. The van der Waals surface area contributed by atoms with Crippen LogP contribution in [0.25, 0.3) is 10.9 Å². The Morgan fingerprint density at radius 2 is 2.00 bits per heavy atom. The predicted octanol–water partition coefficient (Wildman–Crippen LogP) is 3.75. The number of primary amides is 1. The van der Waals surface area contributed by atoms with Crippen LogP contribution in [-0.2, 0) is 6.54 Å². The smallest absolute Gasteiger partial charge is 0.252 e. The number of pyridine rings is 1. The summed E-state index contributed by atoms with van der Waals surface area (Å²) in [4.78, 5) is 16.3. The first kappa shape index (κ1) is 22.5. The van der Waals surface area contributed by atoms with E-state index in [4.69, 9.17) is 11.5 Å². The molecular formula is C22H30FN7O. The third kappa shape index (κ3) is 5.11. The summed E-state index contributed by atoms with van der Waals surface area (Å²) >= 11 is 0. The molecule has 0 aliphatic carbocycles. The van der Waals surface area contributed by atoms with Crippen molar-refractivity contribution in [3.63, 3.8) is 0 Å². The Kier molecular flexibility index (Phi) is 7.06. The lowest BCUT2D eigenvalue weighted by Gasteiger charge is -2.23. The SMILES string of the molecule is CCC[C@@H](Nc1nc(Nc2ccc3c(cnn3CCC)c2)c(C(N)=O)cc1F)[C@H](C)N. The van der Waals surface area contributed by atoms with Crippen LogP contribution in [0.2, 0.25) is 0 Å². The Morgan fingerprint density at radius 1 is 1.23 bits per heavy atom. The summed E-state index contributed by atoms with van der Waals surface area (Å²) in [6.07, 6.45) is 4.41. The monoisotopic (exact) mass is 427 g/mol. The lowest BCUT2D eigenvalue weighted by Crippen LogP contribution is -2.38. The van der Waals surface area contributed by atoms with Crippen molar-refractivity contribution >= 4 is 34.1 Å². The highest BCUT2D eigenvalue weighted by Gasteiger charge is 2.20. The molecule has 8 nitrogen and oxygen atoms in total. The van der Waals surface area contributed by atoms with E-state index >= 15 is 0 Å². The number of hydrogen-bond acceptors (Lipinski definition) is 6. The second-order valence-corrected chi connectivity index (χ2v) is 7.74. The molecular weight excluding hydrogens is 397 g/mol. The van der Waals surface area contributed by atoms with E-state index in [-0.39, 0.29) is 29.3 Å². The average molecular weight is 428 g/mol. The van der Waals surface area contributed by atoms with Gasteiger partial charge >= 0.3 is 0 Å². The Bertz CT molecular complexity index is 1060. The Morgan fingerprint density at radius 3 is 2.65 bits per heavy atom. The van der Waals surface area contributed by atoms with Crippen LogP contribution in [0.15, 0.2) is 30.5 Å². The van der Waals surface area contributed by atoms with Gasteiger partial charge in [0.2, 0.25) is 0 Å². The molecule has 0 unspecified atom stereocenters. The summed E-state index contributed by atoms with van der Waals surface area (Å²) in [7, 11) is 0. The number of rotatable bonds is 10. The van der Waals surface area contributed by atoms with E-state index in [1.807, 2.05) is 36.7 Å². The zero-order valence-corrected chi connectivity index (χ0v) is 18.2. The predicted molar refractivity (Wildman–Crippen MR) is 122 cm³/mol. The highest BCUT2D eigenvalue weighted by Crippen LogP contribution is 2.27. The quantitative estimate of drug-likeness (QED) is 0.391. The van der Waals surface area contributed by atoms with Gasteiger partial charge in [-0.15, -0.1) is 0 Å². The van der Waals surface area contributed by atoms with E-state index < -0.39 is 11.7 Å². The summed E-state index contributed by atoms with van der Waals surface area (Å²) in [6, 6.07) is 6.46. The number of halogens is 1. The molecule has 3 rings (SSSR count). The van der Waals surface area contributed by atoms with Gasteiger partial charge in [-0.25, -0.2) is 9.37 Å². The molecule has 0 aliphatic heterocycles. The first-order chi connectivity index (χ1) is 14.8. The second kappa shape index (κ2) is 9.74. The number of fused-ring (bicyclic) bond motifs is 1. The van der Waals surface area contributed by atoms with Crippen molar-refractivity contribution in [2.45, 2.75) is 58.7 Å². The molecule has 0 bridgehead atoms. The maximum atomic E-state index is 14.7. The number of aryl methyl sites for hydroxylation is 1. The summed E-state index contributed by atoms with van der Waals surface area (Å²) in [5.41, 5.74) is 13.2. The third-order valence-corrected chi connectivity index (χ3v) is 5.14. The topological polar surface area (TPSA) is 124 Å². The van der Waals surface area contributed by atoms with E-state index in [1.165, 1.54) is 0 Å². The van der Waals surface area contributed by atoms with Gasteiger partial charge in [0.25, 0.3) is 5.91 Å². The van der Waals surface area contributed by atoms with E-state index in [0.717, 1.165) is 42.8 Å². The molecule has 31 heavy (non-hydrogen) atoms. The number of anilines is 3. The number of hydrogen-bond donors (Lipinski definition) is 4. The Labute approximate surface area is 181 Å². The fraction of sp³-hybridized carbons (Fsp3) is 0.409. The Hall–Kier alpha value is -3.20. The van der Waals surface area contributed by atoms with Crippen LogP contribution in [0, 0.1) is 5.82 Å². The van der Waals surface area contributed by atoms with Crippen LogP contribution in [-0.4, -0.2) is 32.8 Å². The number of nitrogens with zero attached hydrogens (tertiary/aromatic N) is 3. The van der Waals surface area contributed by atoms with Crippen LogP contribution in [0.1, 0.15) is 50.4 Å². The minimum absolute atomic E-state index is 0.0279. The van der Waals surface area contributed by atoms with Crippen molar-refractivity contribution in [2.24, 2.45) is 11.5 Å². The number of nitrogens with one attached hydrogen (secondary N) is 2. The van der Waals surface area contributed by atoms with Crippen LogP contribution in [0.5, 0.6) is 0 Å². The van der Waals surface area contributed by atoms with Gasteiger partial charge in [-0.05, 0) is 44.0 Å². The van der Waals surface area contributed by atoms with Crippen molar-refractivity contribution in [3.05, 3.63) is 41.8 Å². The molecule has 1 aromatic carbocycles. The van der Waals surface area contributed by atoms with Gasteiger partial charge < -0.3 is 22.1 Å². The molecule has 0 spiro atoms. The molecule has 9 heteroatoms. The van der Waals surface area contributed by atoms with Gasteiger partial charge in [0.05, 0.1) is 17.3 Å². The lowest BCUT2D eigenvalue weighted by molar-refractivity contribution is 0.100. The average Bonchev–Trinajstić information content (AvgIpc) is 3.12. The van der Waals surface area contributed by atoms with Gasteiger partial charge in [-0.3, -0.25) is 9.48 Å². The van der Waals surface area contributed by atoms with Crippen LogP contribution in [0.3, 0.4) is 0 Å². The molecule has 0 saturated carbocycles. The van der Waals surface area contributed by atoms with Gasteiger partial charge in [-0.1, -0.05) is 20.3 Å². The first-order valence-corrected chi connectivity index (χ1v) is 10.6. The minimum Gasteiger partial charge on any atom is -0.365 e. The fourth-order valence-electron chi connectivity index (χ4n) is 3.52. The summed E-state index contributed by atoms with van der Waals surface area (Å²) in [6.45, 7) is 6.81. The number of amides is 1. The van der Waals surface area contributed by atoms with Gasteiger partial charge in [0.15, 0.2) is 11.6 Å². The van der Waals surface area contributed by atoms with Crippen molar-refractivity contribution in [1.82, 2.24) is 14.8 Å². The van der Waals surface area contributed by atoms with Crippen molar-refractivity contribution in [3.8, 4) is 0 Å². The molecule has 166 valence electrons. The highest BCUT2D eigenvalue weighted by atomic mass is 19.1. The molecule has 2 heterocycles. The standard InChI is InChI=1S/C22H30FN7O/c1-4-6-18(13(3)24)28-22-17(23)11-16(20(25)31)21(29-22)27-15-7-8-19-14(10-15)12-26-30(19)9-5-2/h7-8,10-13,18H,4-6,9,24H2,1-3H3,(H2,25,31)(H2,27,28,29)/t13-,18+/m0/s1. The summed E-state index contributed by atoms with van der Waals surface area (Å²) in [5, 5.41) is 11.5. The maximum absolute atomic E-state index is 14.7. The highest BCUT2D eigenvalue weighted by molar-refractivity contribution is 5.99. The van der Waals surface area contributed by atoms with Crippen LogP contribution >= 0.6 is 0 Å². The van der Waals surface area contributed by atoms with Crippen molar-refractivity contribution < 1.29 is 9.18 Å². The van der Waals surface area contributed by atoms with E-state index in [9.17, 15) is 9.18 Å². The molecule has 3 aromatic rings. The fourth-order valence-corrected chi connectivity index (χ4v) is 3.52. The first-order valence-electron chi connectivity index (χ1n) is 10.6. The second-order valence-electron chi connectivity index (χ2n) is 7.74. The van der Waals surface area contributed by atoms with E-state index in [0.29, 0.717) is 5.69 Å². The normalized spacial score (nSPS) is 13.2. The number of carbonyl (C=O) groups excluding carboxylic acids is 1. The van der Waals surface area contributed by atoms with Gasteiger partial charge in [0, 0.05) is 29.7 Å². The number of benzene rings is 1. The zero-order chi connectivity index (χ0) is 22.5. The molecule has 2 aromatic heterocycles. The molecule has 0 radical (unpaired) electrons. The van der Waals surface area contributed by atoms with Gasteiger partial charge in [-0.2, -0.15) is 5.10 Å². The van der Waals surface area contributed by atoms with Crippen LogP contribution < -0.4 is 22.1 Å². The van der Waals surface area contributed by atoms with Crippen molar-refractivity contribution in [1.29, 1.82) is 0 Å². The summed E-state index contributed by atoms with van der Waals surface area (Å²) in [5.74, 6) is -1.22.